The average molecular weight is 357 g/mol. The summed E-state index contributed by atoms with van der Waals surface area (Å²) in [6, 6.07) is 10.9. The number of furan rings is 1. The van der Waals surface area contributed by atoms with Crippen LogP contribution in [0.1, 0.15) is 35.1 Å². The minimum atomic E-state index is -0.137. The van der Waals surface area contributed by atoms with Crippen LogP contribution in [0.15, 0.2) is 47.0 Å². The highest BCUT2D eigenvalue weighted by molar-refractivity contribution is 6.31. The van der Waals surface area contributed by atoms with E-state index in [0.29, 0.717) is 28.7 Å². The van der Waals surface area contributed by atoms with Crippen molar-refractivity contribution in [3.63, 3.8) is 0 Å². The Labute approximate surface area is 150 Å². The van der Waals surface area contributed by atoms with E-state index in [1.807, 2.05) is 23.1 Å². The molecule has 0 N–H and O–H groups in total. The molecule has 2 aromatic heterocycles. The minimum Gasteiger partial charge on any atom is -0.493 e. The van der Waals surface area contributed by atoms with Crippen LogP contribution in [0.3, 0.4) is 0 Å². The van der Waals surface area contributed by atoms with Gasteiger partial charge in [0.05, 0.1) is 18.8 Å². The molecule has 3 aromatic rings. The molecule has 1 atom stereocenters. The molecule has 3 heterocycles. The number of carbonyl (C=O) groups excluding carboxylic acids is 1. The third-order valence-electron chi connectivity index (χ3n) is 4.52. The van der Waals surface area contributed by atoms with Crippen LogP contribution in [0.25, 0.3) is 11.0 Å². The molecular formula is C19H17ClN2O3. The summed E-state index contributed by atoms with van der Waals surface area (Å²) < 4.78 is 11.1. The van der Waals surface area contributed by atoms with Crippen LogP contribution in [-0.4, -0.2) is 29.4 Å². The first-order valence-electron chi connectivity index (χ1n) is 8.16. The van der Waals surface area contributed by atoms with Crippen LogP contribution in [-0.2, 0) is 0 Å². The van der Waals surface area contributed by atoms with Gasteiger partial charge in [0, 0.05) is 29.2 Å². The number of likely N-dealkylation sites (tertiary alicyclic amines) is 1. The summed E-state index contributed by atoms with van der Waals surface area (Å²) in [4.78, 5) is 19.2. The summed E-state index contributed by atoms with van der Waals surface area (Å²) in [6.45, 7) is 0.689. The SMILES string of the molecule is COc1cc(Cl)cc2cc(C(=O)N3CCC[C@@H]3c3ccccn3)oc12. The molecule has 1 saturated heterocycles. The number of halogens is 1. The van der Waals surface area contributed by atoms with Crippen molar-refractivity contribution in [1.82, 2.24) is 9.88 Å². The summed E-state index contributed by atoms with van der Waals surface area (Å²) in [6.07, 6.45) is 3.60. The van der Waals surface area contributed by atoms with Gasteiger partial charge in [-0.1, -0.05) is 17.7 Å². The van der Waals surface area contributed by atoms with Gasteiger partial charge in [-0.3, -0.25) is 9.78 Å². The van der Waals surface area contributed by atoms with E-state index in [0.717, 1.165) is 23.9 Å². The highest BCUT2D eigenvalue weighted by Gasteiger charge is 2.33. The van der Waals surface area contributed by atoms with E-state index in [1.54, 1.807) is 31.5 Å². The van der Waals surface area contributed by atoms with Crippen LogP contribution in [0.2, 0.25) is 5.02 Å². The highest BCUT2D eigenvalue weighted by Crippen LogP contribution is 2.35. The second-order valence-electron chi connectivity index (χ2n) is 6.05. The molecule has 4 rings (SSSR count). The zero-order chi connectivity index (χ0) is 17.4. The predicted octanol–water partition coefficient (Wildman–Crippen LogP) is 4.47. The molecule has 1 amide bonds. The summed E-state index contributed by atoms with van der Waals surface area (Å²) in [5.74, 6) is 0.671. The number of hydrogen-bond acceptors (Lipinski definition) is 4. The molecule has 0 bridgehead atoms. The van der Waals surface area contributed by atoms with Crippen molar-refractivity contribution in [2.24, 2.45) is 0 Å². The Morgan fingerprint density at radius 3 is 3.00 bits per heavy atom. The highest BCUT2D eigenvalue weighted by atomic mass is 35.5. The molecule has 0 saturated carbocycles. The van der Waals surface area contributed by atoms with E-state index in [4.69, 9.17) is 20.8 Å². The molecule has 0 aliphatic carbocycles. The second kappa shape index (κ2) is 6.41. The molecule has 1 aromatic carbocycles. The van der Waals surface area contributed by atoms with Gasteiger partial charge < -0.3 is 14.1 Å². The van der Waals surface area contributed by atoms with Crippen LogP contribution in [0, 0.1) is 0 Å². The topological polar surface area (TPSA) is 55.6 Å². The Morgan fingerprint density at radius 2 is 2.24 bits per heavy atom. The number of aromatic nitrogens is 1. The average Bonchev–Trinajstić information content (AvgIpc) is 3.28. The molecule has 6 heteroatoms. The van der Waals surface area contributed by atoms with Crippen molar-refractivity contribution < 1.29 is 13.9 Å². The summed E-state index contributed by atoms with van der Waals surface area (Å²) in [5.41, 5.74) is 1.44. The molecular weight excluding hydrogens is 340 g/mol. The molecule has 0 unspecified atom stereocenters. The number of carbonyl (C=O) groups is 1. The lowest BCUT2D eigenvalue weighted by Gasteiger charge is -2.23. The lowest BCUT2D eigenvalue weighted by molar-refractivity contribution is 0.0703. The zero-order valence-electron chi connectivity index (χ0n) is 13.7. The first kappa shape index (κ1) is 16.0. The lowest BCUT2D eigenvalue weighted by Crippen LogP contribution is -2.30. The van der Waals surface area contributed by atoms with E-state index >= 15 is 0 Å². The number of rotatable bonds is 3. The zero-order valence-corrected chi connectivity index (χ0v) is 14.5. The predicted molar refractivity (Wildman–Crippen MR) is 95.0 cm³/mol. The Bertz CT molecular complexity index is 923. The summed E-state index contributed by atoms with van der Waals surface area (Å²) >= 11 is 6.10. The first-order valence-corrected chi connectivity index (χ1v) is 8.54. The Balaban J connectivity index is 1.70. The monoisotopic (exact) mass is 356 g/mol. The molecule has 0 radical (unpaired) electrons. The van der Waals surface area contributed by atoms with Crippen LogP contribution >= 0.6 is 11.6 Å². The number of nitrogens with zero attached hydrogens (tertiary/aromatic N) is 2. The molecule has 1 fully saturated rings. The number of methoxy groups -OCH3 is 1. The molecule has 5 nitrogen and oxygen atoms in total. The van der Waals surface area contributed by atoms with Gasteiger partial charge >= 0.3 is 0 Å². The third kappa shape index (κ3) is 2.85. The maximum atomic E-state index is 13.0. The quantitative estimate of drug-likeness (QED) is 0.695. The number of hydrogen-bond donors (Lipinski definition) is 0. The first-order chi connectivity index (χ1) is 12.2. The number of pyridine rings is 1. The fourth-order valence-corrected chi connectivity index (χ4v) is 3.59. The second-order valence-corrected chi connectivity index (χ2v) is 6.48. The van der Waals surface area contributed by atoms with E-state index < -0.39 is 0 Å². The van der Waals surface area contributed by atoms with E-state index in [2.05, 4.69) is 4.98 Å². The molecule has 128 valence electrons. The Hall–Kier alpha value is -2.53. The van der Waals surface area contributed by atoms with Crippen molar-refractivity contribution in [2.45, 2.75) is 18.9 Å². The van der Waals surface area contributed by atoms with Gasteiger partial charge in [0.15, 0.2) is 17.1 Å². The molecule has 0 spiro atoms. The van der Waals surface area contributed by atoms with E-state index in [-0.39, 0.29) is 11.9 Å². The molecule has 1 aliphatic heterocycles. The number of amides is 1. The van der Waals surface area contributed by atoms with Gasteiger partial charge in [-0.05, 0) is 37.1 Å². The maximum Gasteiger partial charge on any atom is 0.290 e. The van der Waals surface area contributed by atoms with Crippen LogP contribution < -0.4 is 4.74 Å². The number of fused-ring (bicyclic) bond motifs is 1. The van der Waals surface area contributed by atoms with Crippen molar-refractivity contribution in [1.29, 1.82) is 0 Å². The smallest absolute Gasteiger partial charge is 0.290 e. The van der Waals surface area contributed by atoms with Crippen LogP contribution in [0.5, 0.6) is 5.75 Å². The minimum absolute atomic E-state index is 0.0209. The normalized spacial score (nSPS) is 17.2. The Kier molecular flexibility index (Phi) is 4.09. The van der Waals surface area contributed by atoms with Crippen molar-refractivity contribution >= 4 is 28.5 Å². The summed E-state index contributed by atoms with van der Waals surface area (Å²) in [7, 11) is 1.55. The van der Waals surface area contributed by atoms with Gasteiger partial charge in [0.25, 0.3) is 5.91 Å². The maximum absolute atomic E-state index is 13.0. The third-order valence-corrected chi connectivity index (χ3v) is 4.74. The summed E-state index contributed by atoms with van der Waals surface area (Å²) in [5, 5.41) is 1.29. The standard InChI is InChI=1S/C19H17ClN2O3/c1-24-16-11-13(20)9-12-10-17(25-18(12)16)19(23)22-8-4-6-15(22)14-5-2-3-7-21-14/h2-3,5,7,9-11,15H,4,6,8H2,1H3/t15-/m1/s1. The van der Waals surface area contributed by atoms with Crippen LogP contribution in [0.4, 0.5) is 0 Å². The van der Waals surface area contributed by atoms with E-state index in [9.17, 15) is 4.79 Å². The number of ether oxygens (including phenoxy) is 1. The van der Waals surface area contributed by atoms with Crippen molar-refractivity contribution in [2.75, 3.05) is 13.7 Å². The largest absolute Gasteiger partial charge is 0.493 e. The van der Waals surface area contributed by atoms with Gasteiger partial charge in [0.2, 0.25) is 0 Å². The van der Waals surface area contributed by atoms with Gasteiger partial charge in [-0.15, -0.1) is 0 Å². The van der Waals surface area contributed by atoms with Crippen molar-refractivity contribution in [3.05, 3.63) is 59.1 Å². The fourth-order valence-electron chi connectivity index (χ4n) is 3.37. The molecule has 25 heavy (non-hydrogen) atoms. The van der Waals surface area contributed by atoms with Crippen molar-refractivity contribution in [3.8, 4) is 5.75 Å². The van der Waals surface area contributed by atoms with Gasteiger partial charge in [-0.2, -0.15) is 0 Å². The lowest BCUT2D eigenvalue weighted by atomic mass is 10.1. The Morgan fingerprint density at radius 1 is 1.36 bits per heavy atom. The van der Waals surface area contributed by atoms with Gasteiger partial charge in [0.1, 0.15) is 0 Å². The fraction of sp³-hybridized carbons (Fsp3) is 0.263. The van der Waals surface area contributed by atoms with E-state index in [1.165, 1.54) is 0 Å². The molecule has 1 aliphatic rings. The number of benzene rings is 1. The van der Waals surface area contributed by atoms with Gasteiger partial charge in [-0.25, -0.2) is 0 Å².